The molecule has 1 amide bonds. The van der Waals surface area contributed by atoms with Gasteiger partial charge in [0.1, 0.15) is 11.6 Å². The topological polar surface area (TPSA) is 69.2 Å². The van der Waals surface area contributed by atoms with Crippen molar-refractivity contribution >= 4 is 5.91 Å². The van der Waals surface area contributed by atoms with Crippen LogP contribution in [0.15, 0.2) is 24.4 Å². The van der Waals surface area contributed by atoms with E-state index >= 15 is 0 Å². The van der Waals surface area contributed by atoms with Crippen molar-refractivity contribution in [3.63, 3.8) is 0 Å². The molecule has 4 rings (SSSR count). The summed E-state index contributed by atoms with van der Waals surface area (Å²) in [6.07, 6.45) is 3.27. The van der Waals surface area contributed by atoms with Crippen LogP contribution in [0.2, 0.25) is 0 Å². The van der Waals surface area contributed by atoms with E-state index in [1.54, 1.807) is 6.20 Å². The van der Waals surface area contributed by atoms with Crippen LogP contribution in [0.1, 0.15) is 35.7 Å². The fraction of sp³-hybridized carbons (Fsp3) is 0.444. The number of aromatic nitrogens is 2. The lowest BCUT2D eigenvalue weighted by Gasteiger charge is -2.30. The van der Waals surface area contributed by atoms with Crippen LogP contribution in [-0.4, -0.2) is 38.8 Å². The molecule has 25 heavy (non-hydrogen) atoms. The minimum absolute atomic E-state index is 0.120. The van der Waals surface area contributed by atoms with E-state index < -0.39 is 23.8 Å². The van der Waals surface area contributed by atoms with E-state index in [2.05, 4.69) is 10.2 Å². The lowest BCUT2D eigenvalue weighted by atomic mass is 9.87. The van der Waals surface area contributed by atoms with Gasteiger partial charge in [0.25, 0.3) is 0 Å². The van der Waals surface area contributed by atoms with Crippen molar-refractivity contribution in [1.82, 2.24) is 15.1 Å². The Balaban J connectivity index is 1.59. The molecule has 2 aliphatic rings. The zero-order valence-electron chi connectivity index (χ0n) is 13.6. The molecule has 0 radical (unpaired) electrons. The summed E-state index contributed by atoms with van der Waals surface area (Å²) < 4.78 is 27.8. The van der Waals surface area contributed by atoms with Gasteiger partial charge in [-0.3, -0.25) is 9.89 Å². The third-order valence-electron chi connectivity index (χ3n) is 5.25. The Morgan fingerprint density at radius 2 is 2.20 bits per heavy atom. The molecule has 3 unspecified atom stereocenters. The first-order valence-corrected chi connectivity index (χ1v) is 8.47. The highest BCUT2D eigenvalue weighted by molar-refractivity contribution is 5.80. The highest BCUT2D eigenvalue weighted by atomic mass is 19.1. The van der Waals surface area contributed by atoms with E-state index in [9.17, 15) is 18.7 Å². The highest BCUT2D eigenvalue weighted by Crippen LogP contribution is 2.36. The van der Waals surface area contributed by atoms with Gasteiger partial charge in [-0.05, 0) is 43.0 Å². The molecule has 5 nitrogen and oxygen atoms in total. The Kier molecular flexibility index (Phi) is 4.03. The molecule has 0 spiro atoms. The molecule has 1 aromatic carbocycles. The van der Waals surface area contributed by atoms with Crippen LogP contribution in [0, 0.1) is 17.6 Å². The Hall–Kier alpha value is -2.28. The van der Waals surface area contributed by atoms with Crippen LogP contribution in [0.25, 0.3) is 0 Å². The van der Waals surface area contributed by atoms with Gasteiger partial charge in [0, 0.05) is 30.1 Å². The third-order valence-corrected chi connectivity index (χ3v) is 5.25. The van der Waals surface area contributed by atoms with Crippen molar-refractivity contribution in [3.05, 3.63) is 52.9 Å². The first kappa shape index (κ1) is 16.2. The molecule has 2 heterocycles. The Morgan fingerprint density at radius 3 is 3.04 bits per heavy atom. The van der Waals surface area contributed by atoms with Gasteiger partial charge in [0.2, 0.25) is 5.91 Å². The number of nitrogens with one attached hydrogen (secondary N) is 1. The van der Waals surface area contributed by atoms with Crippen molar-refractivity contribution in [2.45, 2.75) is 37.8 Å². The SMILES string of the molecule is O=C(C1CCc2cn[nH]c2C1)N1CC(O)CC1c1cc(F)ccc1F. The number of nitrogens with zero attached hydrogens (tertiary/aromatic N) is 2. The molecular weight excluding hydrogens is 328 g/mol. The number of H-pyrrole nitrogens is 1. The average molecular weight is 347 g/mol. The number of β-amino-alcohol motifs (C(OH)–C–C–N with tert-alkyl or cyclic N) is 1. The number of hydrogen-bond acceptors (Lipinski definition) is 3. The molecule has 2 N–H and O–H groups in total. The predicted octanol–water partition coefficient (Wildman–Crippen LogP) is 2.13. The van der Waals surface area contributed by atoms with Crippen LogP contribution in [0.5, 0.6) is 0 Å². The van der Waals surface area contributed by atoms with Crippen LogP contribution in [0.4, 0.5) is 8.78 Å². The number of fused-ring (bicyclic) bond motifs is 1. The summed E-state index contributed by atoms with van der Waals surface area (Å²) in [5.74, 6) is -1.47. The Labute approximate surface area is 143 Å². The third kappa shape index (κ3) is 2.93. The van der Waals surface area contributed by atoms with Gasteiger partial charge in [0.05, 0.1) is 18.3 Å². The van der Waals surface area contributed by atoms with Crippen LogP contribution in [-0.2, 0) is 17.6 Å². The van der Waals surface area contributed by atoms with Crippen molar-refractivity contribution in [2.24, 2.45) is 5.92 Å². The van der Waals surface area contributed by atoms with Crippen LogP contribution in [0.3, 0.4) is 0 Å². The zero-order chi connectivity index (χ0) is 17.6. The molecular formula is C18H19F2N3O2. The monoisotopic (exact) mass is 347 g/mol. The standard InChI is InChI=1S/C18H19F2N3O2/c19-12-3-4-15(20)14(6-12)17-7-13(24)9-23(17)18(25)10-1-2-11-8-21-22-16(11)5-10/h3-4,6,8,10,13,17,24H,1-2,5,7,9H2,(H,21,22). The largest absolute Gasteiger partial charge is 0.391 e. The lowest BCUT2D eigenvalue weighted by molar-refractivity contribution is -0.137. The summed E-state index contributed by atoms with van der Waals surface area (Å²) in [6, 6.07) is 2.60. The summed E-state index contributed by atoms with van der Waals surface area (Å²) in [4.78, 5) is 14.5. The molecule has 7 heteroatoms. The van der Waals surface area contributed by atoms with Gasteiger partial charge in [0.15, 0.2) is 0 Å². The van der Waals surface area contributed by atoms with Crippen molar-refractivity contribution < 1.29 is 18.7 Å². The van der Waals surface area contributed by atoms with Crippen molar-refractivity contribution in [1.29, 1.82) is 0 Å². The number of hydrogen-bond donors (Lipinski definition) is 2. The number of carbonyl (C=O) groups excluding carboxylic acids is 1. The average Bonchev–Trinajstić information content (AvgIpc) is 3.22. The lowest BCUT2D eigenvalue weighted by Crippen LogP contribution is -2.39. The second kappa shape index (κ2) is 6.22. The highest BCUT2D eigenvalue weighted by Gasteiger charge is 2.40. The van der Waals surface area contributed by atoms with E-state index in [-0.39, 0.29) is 30.4 Å². The minimum Gasteiger partial charge on any atom is -0.391 e. The second-order valence-electron chi connectivity index (χ2n) is 6.88. The number of amides is 1. The summed E-state index contributed by atoms with van der Waals surface area (Å²) in [5, 5.41) is 17.0. The predicted molar refractivity (Wildman–Crippen MR) is 85.5 cm³/mol. The fourth-order valence-corrected chi connectivity index (χ4v) is 3.98. The quantitative estimate of drug-likeness (QED) is 0.874. The summed E-state index contributed by atoms with van der Waals surface area (Å²) in [6.45, 7) is 0.145. The fourth-order valence-electron chi connectivity index (χ4n) is 3.98. The van der Waals surface area contributed by atoms with Gasteiger partial charge < -0.3 is 10.0 Å². The number of aliphatic hydroxyl groups is 1. The summed E-state index contributed by atoms with van der Waals surface area (Å²) >= 11 is 0. The van der Waals surface area contributed by atoms with Gasteiger partial charge in [-0.25, -0.2) is 8.78 Å². The number of likely N-dealkylation sites (tertiary alicyclic amines) is 1. The number of rotatable bonds is 2. The minimum atomic E-state index is -0.733. The van der Waals surface area contributed by atoms with Gasteiger partial charge >= 0.3 is 0 Å². The van der Waals surface area contributed by atoms with E-state index in [4.69, 9.17) is 0 Å². The molecule has 1 aliphatic carbocycles. The first-order chi connectivity index (χ1) is 12.0. The number of carbonyl (C=O) groups is 1. The first-order valence-electron chi connectivity index (χ1n) is 8.47. The Bertz CT molecular complexity index is 807. The van der Waals surface area contributed by atoms with Gasteiger partial charge in [-0.15, -0.1) is 0 Å². The van der Waals surface area contributed by atoms with E-state index in [1.807, 2.05) is 0 Å². The normalized spacial score (nSPS) is 25.9. The molecule has 3 atom stereocenters. The second-order valence-corrected chi connectivity index (χ2v) is 6.88. The molecule has 2 aromatic rings. The number of benzene rings is 1. The van der Waals surface area contributed by atoms with E-state index in [0.29, 0.717) is 12.8 Å². The van der Waals surface area contributed by atoms with Crippen LogP contribution < -0.4 is 0 Å². The summed E-state index contributed by atoms with van der Waals surface area (Å²) in [5.41, 5.74) is 2.21. The number of halogens is 2. The molecule has 1 saturated heterocycles. The van der Waals surface area contributed by atoms with E-state index in [0.717, 1.165) is 35.9 Å². The smallest absolute Gasteiger partial charge is 0.226 e. The van der Waals surface area contributed by atoms with Crippen molar-refractivity contribution in [3.8, 4) is 0 Å². The maximum atomic E-state index is 14.2. The van der Waals surface area contributed by atoms with Gasteiger partial charge in [-0.1, -0.05) is 0 Å². The van der Waals surface area contributed by atoms with Crippen LogP contribution >= 0.6 is 0 Å². The van der Waals surface area contributed by atoms with Gasteiger partial charge in [-0.2, -0.15) is 5.10 Å². The Morgan fingerprint density at radius 1 is 1.36 bits per heavy atom. The van der Waals surface area contributed by atoms with E-state index in [1.165, 1.54) is 4.90 Å². The number of aliphatic hydroxyl groups excluding tert-OH is 1. The number of aromatic amines is 1. The molecule has 0 saturated carbocycles. The number of aryl methyl sites for hydroxylation is 1. The van der Waals surface area contributed by atoms with Crippen molar-refractivity contribution in [2.75, 3.05) is 6.54 Å². The molecule has 1 fully saturated rings. The maximum absolute atomic E-state index is 14.2. The maximum Gasteiger partial charge on any atom is 0.226 e. The molecule has 0 bridgehead atoms. The zero-order valence-corrected chi connectivity index (χ0v) is 13.6. The molecule has 1 aliphatic heterocycles. The molecule has 132 valence electrons. The summed E-state index contributed by atoms with van der Waals surface area (Å²) in [7, 11) is 0. The molecule has 1 aromatic heterocycles.